The van der Waals surface area contributed by atoms with Crippen molar-refractivity contribution >= 4 is 6.29 Å². The van der Waals surface area contributed by atoms with Crippen LogP contribution in [-0.4, -0.2) is 15.1 Å². The minimum atomic E-state index is 0.434. The van der Waals surface area contributed by atoms with Crippen LogP contribution >= 0.6 is 0 Å². The summed E-state index contributed by atoms with van der Waals surface area (Å²) < 4.78 is 2.75. The van der Waals surface area contributed by atoms with Gasteiger partial charge in [0.2, 0.25) is 0 Å². The summed E-state index contributed by atoms with van der Waals surface area (Å²) in [6.45, 7) is 0. The molecule has 0 unspecified atom stereocenters. The molecule has 1 heterocycles. The molecule has 0 aromatic rings. The fourth-order valence-electron chi connectivity index (χ4n) is 0.810. The van der Waals surface area contributed by atoms with Gasteiger partial charge in [-0.05, 0) is 0 Å². The first-order valence-corrected chi connectivity index (χ1v) is 5.97. The fourth-order valence-corrected chi connectivity index (χ4v) is 3.83. The van der Waals surface area contributed by atoms with Gasteiger partial charge in [0.1, 0.15) is 0 Å². The molecule has 1 fully saturated rings. The quantitative estimate of drug-likeness (QED) is 0.278. The second-order valence-electron chi connectivity index (χ2n) is 2.04. The van der Waals surface area contributed by atoms with Crippen molar-refractivity contribution < 1.29 is 26.0 Å². The van der Waals surface area contributed by atoms with E-state index in [0.717, 1.165) is 6.29 Å². The van der Waals surface area contributed by atoms with Crippen molar-refractivity contribution in [3.63, 3.8) is 0 Å². The Hall–Kier alpha value is 0.400. The first-order valence-electron chi connectivity index (χ1n) is 2.92. The van der Waals surface area contributed by atoms with Crippen LogP contribution < -0.4 is 21.2 Å². The molecule has 0 aromatic carbocycles. The summed E-state index contributed by atoms with van der Waals surface area (Å²) in [5.74, 6) is 0.434. The van der Waals surface area contributed by atoms with Gasteiger partial charge in [-0.25, -0.2) is 0 Å². The van der Waals surface area contributed by atoms with E-state index in [1.165, 1.54) is 21.7 Å². The molecule has 0 amide bonds. The van der Waals surface area contributed by atoms with Crippen molar-refractivity contribution in [3.8, 4) is 0 Å². The third-order valence-corrected chi connectivity index (χ3v) is 4.19. The summed E-state index contributed by atoms with van der Waals surface area (Å²) in [5, 5.41) is 0. The number of carbonyl (C=O) groups is 1. The zero-order chi connectivity index (χ0) is 5.82. The van der Waals surface area contributed by atoms with E-state index in [1.54, 1.807) is 0 Å². The predicted octanol–water partition coefficient (Wildman–Crippen LogP) is -2.32. The van der Waals surface area contributed by atoms with Gasteiger partial charge in [0.15, 0.2) is 0 Å². The molecule has 0 atom stereocenters. The Kier molecular flexibility index (Phi) is 2.80. The number of rotatable bonds is 1. The Morgan fingerprint density at radius 1 is 1.38 bits per heavy atom. The number of carbonyl (C=O) groups excluding carboxylic acids is 1. The number of aldehydes is 1. The summed E-state index contributed by atoms with van der Waals surface area (Å²) in [5.41, 5.74) is 0. The molecule has 1 aliphatic rings. The Morgan fingerprint density at radius 2 is 2.00 bits per heavy atom. The van der Waals surface area contributed by atoms with Crippen LogP contribution in [0.3, 0.4) is 0 Å². The van der Waals surface area contributed by atoms with Crippen molar-refractivity contribution in [1.29, 1.82) is 0 Å². The summed E-state index contributed by atoms with van der Waals surface area (Å²) in [7, 11) is 0. The topological polar surface area (TPSA) is 17.1 Å². The monoisotopic (exact) mass is 225 g/mol. The van der Waals surface area contributed by atoms with E-state index < -0.39 is 0 Å². The van der Waals surface area contributed by atoms with Gasteiger partial charge in [0.25, 0.3) is 0 Å². The van der Waals surface area contributed by atoms with Gasteiger partial charge in [0, 0.05) is 0 Å². The molecule has 48 valence electrons. The second kappa shape index (κ2) is 3.43. The molecule has 1 rings (SSSR count). The average Bonchev–Trinajstić information content (AvgIpc) is 1.90. The van der Waals surface area contributed by atoms with Crippen LogP contribution in [0.15, 0.2) is 0 Å². The molecule has 0 saturated carbocycles. The first-order chi connectivity index (χ1) is 3.93. The SMILES string of the molecule is O=CC1CC[I-]CC1. The van der Waals surface area contributed by atoms with Crippen LogP contribution in [0.4, 0.5) is 0 Å². The van der Waals surface area contributed by atoms with Gasteiger partial charge in [-0.1, -0.05) is 0 Å². The van der Waals surface area contributed by atoms with Crippen LogP contribution in [0.2, 0.25) is 0 Å². The third-order valence-electron chi connectivity index (χ3n) is 1.42. The van der Waals surface area contributed by atoms with Gasteiger partial charge in [-0.15, -0.1) is 0 Å². The van der Waals surface area contributed by atoms with Crippen LogP contribution in [0.1, 0.15) is 12.8 Å². The third kappa shape index (κ3) is 1.73. The second-order valence-corrected chi connectivity index (χ2v) is 5.28. The molecule has 1 saturated heterocycles. The van der Waals surface area contributed by atoms with Crippen LogP contribution in [0.5, 0.6) is 0 Å². The van der Waals surface area contributed by atoms with Gasteiger partial charge in [-0.2, -0.15) is 0 Å². The Labute approximate surface area is 60.1 Å². The molecule has 2 heteroatoms. The predicted molar refractivity (Wildman–Crippen MR) is 28.5 cm³/mol. The molecule has 0 bridgehead atoms. The molecular weight excluding hydrogens is 215 g/mol. The van der Waals surface area contributed by atoms with E-state index in [-0.39, 0.29) is 0 Å². The van der Waals surface area contributed by atoms with Gasteiger partial charge in [0.05, 0.1) is 0 Å². The number of hydrogen-bond acceptors (Lipinski definition) is 1. The van der Waals surface area contributed by atoms with Crippen molar-refractivity contribution in [2.45, 2.75) is 12.8 Å². The molecule has 8 heavy (non-hydrogen) atoms. The van der Waals surface area contributed by atoms with Crippen molar-refractivity contribution in [1.82, 2.24) is 0 Å². The summed E-state index contributed by atoms with van der Waals surface area (Å²) >= 11 is 0.523. The Morgan fingerprint density at radius 3 is 2.38 bits per heavy atom. The number of alkyl halides is 2. The molecule has 0 aliphatic carbocycles. The maximum atomic E-state index is 10.2. The number of halogens is 1. The van der Waals surface area contributed by atoms with Crippen LogP contribution in [0.25, 0.3) is 0 Å². The molecule has 1 nitrogen and oxygen atoms in total. The van der Waals surface area contributed by atoms with E-state index in [2.05, 4.69) is 0 Å². The molecule has 0 spiro atoms. The van der Waals surface area contributed by atoms with E-state index in [9.17, 15) is 4.79 Å². The van der Waals surface area contributed by atoms with Crippen molar-refractivity contribution in [2.75, 3.05) is 8.86 Å². The summed E-state index contributed by atoms with van der Waals surface area (Å²) in [6.07, 6.45) is 3.51. The van der Waals surface area contributed by atoms with Crippen LogP contribution in [-0.2, 0) is 4.79 Å². The zero-order valence-electron chi connectivity index (χ0n) is 4.77. The van der Waals surface area contributed by atoms with Crippen LogP contribution in [0, 0.1) is 5.92 Å². The molecule has 0 aromatic heterocycles. The normalized spacial score (nSPS) is 24.0. The zero-order valence-corrected chi connectivity index (χ0v) is 6.93. The van der Waals surface area contributed by atoms with Gasteiger partial charge < -0.3 is 0 Å². The summed E-state index contributed by atoms with van der Waals surface area (Å²) in [6, 6.07) is 0. The standard InChI is InChI=1S/C6H10IO/c8-5-6-1-3-7-4-2-6/h5-6H,1-4H2/q-1. The van der Waals surface area contributed by atoms with E-state index in [0.29, 0.717) is 27.1 Å². The maximum absolute atomic E-state index is 10.2. The Bertz CT molecular complexity index is 76.6. The van der Waals surface area contributed by atoms with Gasteiger partial charge in [-0.3, -0.25) is 0 Å². The van der Waals surface area contributed by atoms with Crippen molar-refractivity contribution in [3.05, 3.63) is 0 Å². The molecule has 1 aliphatic heterocycles. The van der Waals surface area contributed by atoms with E-state index in [4.69, 9.17) is 0 Å². The van der Waals surface area contributed by atoms with Crippen molar-refractivity contribution in [2.24, 2.45) is 5.92 Å². The van der Waals surface area contributed by atoms with Gasteiger partial charge >= 0.3 is 59.9 Å². The number of hydrogen-bond donors (Lipinski definition) is 0. The molecular formula is C6H10IO-. The minimum absolute atomic E-state index is 0.434. The Balaban J connectivity index is 2.22. The van der Waals surface area contributed by atoms with E-state index in [1.807, 2.05) is 0 Å². The molecule has 0 N–H and O–H groups in total. The van der Waals surface area contributed by atoms with E-state index >= 15 is 0 Å². The first kappa shape index (κ1) is 6.52. The average molecular weight is 225 g/mol. The fraction of sp³-hybridized carbons (Fsp3) is 0.833. The summed E-state index contributed by atoms with van der Waals surface area (Å²) in [4.78, 5) is 10.2. The molecule has 0 radical (unpaired) electrons.